The molecular weight excluding hydrogens is 319 g/mol. The first kappa shape index (κ1) is 16.1. The zero-order valence-electron chi connectivity index (χ0n) is 13.3. The lowest BCUT2D eigenvalue weighted by atomic mass is 9.64. The summed E-state index contributed by atoms with van der Waals surface area (Å²) in [5.74, 6) is -0.131. The van der Waals surface area contributed by atoms with Gasteiger partial charge in [0, 0.05) is 17.2 Å². The minimum atomic E-state index is -1.26. The van der Waals surface area contributed by atoms with E-state index < -0.39 is 11.8 Å². The Bertz CT molecular complexity index is 501. The van der Waals surface area contributed by atoms with Crippen molar-refractivity contribution in [2.24, 2.45) is 22.6 Å². The Morgan fingerprint density at radius 2 is 1.91 bits per heavy atom. The molecular formula is C17H26ClFN2O2. The highest BCUT2D eigenvalue weighted by Crippen LogP contribution is 2.50. The van der Waals surface area contributed by atoms with E-state index in [1.165, 1.54) is 0 Å². The van der Waals surface area contributed by atoms with Crippen LogP contribution in [0.3, 0.4) is 0 Å². The quantitative estimate of drug-likeness (QED) is 0.773. The van der Waals surface area contributed by atoms with Gasteiger partial charge in [-0.2, -0.15) is 0 Å². The maximum atomic E-state index is 14.1. The van der Waals surface area contributed by atoms with Crippen LogP contribution in [0.1, 0.15) is 51.4 Å². The molecule has 23 heavy (non-hydrogen) atoms. The molecule has 3 aliphatic carbocycles. The molecule has 4 rings (SSSR count). The number of ether oxygens (including phenoxy) is 1. The molecule has 0 saturated heterocycles. The van der Waals surface area contributed by atoms with E-state index in [4.69, 9.17) is 22.1 Å². The fourth-order valence-corrected chi connectivity index (χ4v) is 5.15. The van der Waals surface area contributed by atoms with Crippen molar-refractivity contribution in [3.8, 4) is 0 Å². The standard InChI is InChI=1S/C17H26ClFN2O2/c18-9-1-5-14-12(7-9)17(22,16(20)21-14)13-8-10(19)2-6-15(13)23-11-3-4-11/h9-15,22H,1-8H2,(H2,20,21). The van der Waals surface area contributed by atoms with Crippen LogP contribution in [0.5, 0.6) is 0 Å². The van der Waals surface area contributed by atoms with Crippen LogP contribution >= 0.6 is 11.6 Å². The summed E-state index contributed by atoms with van der Waals surface area (Å²) in [6, 6.07) is 0.0246. The Morgan fingerprint density at radius 1 is 1.13 bits per heavy atom. The van der Waals surface area contributed by atoms with Crippen LogP contribution in [0.2, 0.25) is 0 Å². The molecule has 3 fully saturated rings. The predicted molar refractivity (Wildman–Crippen MR) is 87.5 cm³/mol. The highest BCUT2D eigenvalue weighted by Gasteiger charge is 2.59. The topological polar surface area (TPSA) is 67.8 Å². The van der Waals surface area contributed by atoms with Gasteiger partial charge < -0.3 is 15.6 Å². The van der Waals surface area contributed by atoms with Crippen molar-refractivity contribution in [1.82, 2.24) is 0 Å². The van der Waals surface area contributed by atoms with Crippen molar-refractivity contribution in [1.29, 1.82) is 0 Å². The molecule has 130 valence electrons. The summed E-state index contributed by atoms with van der Waals surface area (Å²) < 4.78 is 20.3. The average Bonchev–Trinajstić information content (AvgIpc) is 3.29. The van der Waals surface area contributed by atoms with Crippen LogP contribution < -0.4 is 5.73 Å². The molecule has 3 N–H and O–H groups in total. The molecule has 0 aromatic carbocycles. The number of fused-ring (bicyclic) bond motifs is 1. The lowest BCUT2D eigenvalue weighted by Crippen LogP contribution is -2.60. The highest BCUT2D eigenvalue weighted by atomic mass is 35.5. The highest BCUT2D eigenvalue weighted by molar-refractivity contribution is 6.20. The average molecular weight is 345 g/mol. The summed E-state index contributed by atoms with van der Waals surface area (Å²) >= 11 is 6.35. The van der Waals surface area contributed by atoms with Crippen LogP contribution in [-0.2, 0) is 4.74 Å². The van der Waals surface area contributed by atoms with Gasteiger partial charge in [-0.25, -0.2) is 4.39 Å². The fourth-order valence-electron chi connectivity index (χ4n) is 4.84. The Labute approximate surface area is 141 Å². The summed E-state index contributed by atoms with van der Waals surface area (Å²) in [6.07, 6.45) is 5.30. The number of halogens is 2. The molecule has 4 aliphatic rings. The number of nitrogens with zero attached hydrogens (tertiary/aromatic N) is 1. The third-order valence-electron chi connectivity index (χ3n) is 6.21. The van der Waals surface area contributed by atoms with Gasteiger partial charge in [0.15, 0.2) is 0 Å². The van der Waals surface area contributed by atoms with E-state index >= 15 is 0 Å². The second-order valence-electron chi connectivity index (χ2n) is 7.81. The Balaban J connectivity index is 1.62. The van der Waals surface area contributed by atoms with E-state index in [0.717, 1.165) is 25.7 Å². The second kappa shape index (κ2) is 5.85. The van der Waals surface area contributed by atoms with Crippen LogP contribution in [0.15, 0.2) is 4.99 Å². The van der Waals surface area contributed by atoms with Gasteiger partial charge >= 0.3 is 0 Å². The molecule has 1 aliphatic heterocycles. The van der Waals surface area contributed by atoms with Gasteiger partial charge in [0.05, 0.1) is 18.2 Å². The van der Waals surface area contributed by atoms with Gasteiger partial charge in [-0.15, -0.1) is 11.6 Å². The number of aliphatic imine (C=N–C) groups is 1. The molecule has 0 radical (unpaired) electrons. The van der Waals surface area contributed by atoms with Crippen molar-refractivity contribution >= 4 is 17.4 Å². The zero-order chi connectivity index (χ0) is 16.2. The summed E-state index contributed by atoms with van der Waals surface area (Å²) in [6.45, 7) is 0. The third-order valence-corrected chi connectivity index (χ3v) is 6.61. The van der Waals surface area contributed by atoms with Gasteiger partial charge in [-0.1, -0.05) is 0 Å². The molecule has 0 aromatic rings. The number of nitrogens with two attached hydrogens (primary N) is 1. The maximum Gasteiger partial charge on any atom is 0.131 e. The molecule has 0 bridgehead atoms. The van der Waals surface area contributed by atoms with Crippen LogP contribution in [0.25, 0.3) is 0 Å². The van der Waals surface area contributed by atoms with Crippen LogP contribution in [0, 0.1) is 11.8 Å². The van der Waals surface area contributed by atoms with Crippen molar-refractivity contribution in [2.45, 2.75) is 86.8 Å². The minimum absolute atomic E-state index is 0.0246. The molecule has 1 heterocycles. The number of hydrogen-bond acceptors (Lipinski definition) is 4. The first-order valence-electron chi connectivity index (χ1n) is 8.98. The fraction of sp³-hybridized carbons (Fsp3) is 0.941. The van der Waals surface area contributed by atoms with Gasteiger partial charge in [-0.05, 0) is 51.4 Å². The largest absolute Gasteiger partial charge is 0.385 e. The smallest absolute Gasteiger partial charge is 0.131 e. The molecule has 3 saturated carbocycles. The van der Waals surface area contributed by atoms with E-state index in [0.29, 0.717) is 25.7 Å². The first-order chi connectivity index (χ1) is 11.0. The lowest BCUT2D eigenvalue weighted by molar-refractivity contribution is -0.120. The van der Waals surface area contributed by atoms with E-state index in [1.54, 1.807) is 0 Å². The summed E-state index contributed by atoms with van der Waals surface area (Å²) in [7, 11) is 0. The molecule has 0 spiro atoms. The van der Waals surface area contributed by atoms with Gasteiger partial charge in [0.1, 0.15) is 17.6 Å². The Hall–Kier alpha value is -0.390. The normalized spacial score (nSPS) is 50.5. The molecule has 0 aromatic heterocycles. The summed E-state index contributed by atoms with van der Waals surface area (Å²) in [5.41, 5.74) is 4.92. The van der Waals surface area contributed by atoms with E-state index in [2.05, 4.69) is 4.99 Å². The lowest BCUT2D eigenvalue weighted by Gasteiger charge is -2.46. The number of rotatable bonds is 3. The Kier molecular flexibility index (Phi) is 4.10. The first-order valence-corrected chi connectivity index (χ1v) is 9.41. The van der Waals surface area contributed by atoms with Gasteiger partial charge in [0.25, 0.3) is 0 Å². The summed E-state index contributed by atoms with van der Waals surface area (Å²) in [5, 5.41) is 11.6. The number of alkyl halides is 2. The van der Waals surface area contributed by atoms with Crippen molar-refractivity contribution in [2.75, 3.05) is 0 Å². The van der Waals surface area contributed by atoms with E-state index in [1.807, 2.05) is 0 Å². The molecule has 0 amide bonds. The molecule has 6 heteroatoms. The van der Waals surface area contributed by atoms with E-state index in [9.17, 15) is 9.50 Å². The van der Waals surface area contributed by atoms with Crippen molar-refractivity contribution in [3.05, 3.63) is 0 Å². The maximum absolute atomic E-state index is 14.1. The SMILES string of the molecule is NC1=NC2CCC(Cl)CC2C1(O)C1CC(F)CCC1OC1CC1. The van der Waals surface area contributed by atoms with Crippen molar-refractivity contribution in [3.63, 3.8) is 0 Å². The Morgan fingerprint density at radius 3 is 2.65 bits per heavy atom. The minimum Gasteiger partial charge on any atom is -0.385 e. The van der Waals surface area contributed by atoms with E-state index in [-0.39, 0.29) is 41.3 Å². The van der Waals surface area contributed by atoms with Crippen LogP contribution in [0.4, 0.5) is 4.39 Å². The predicted octanol–water partition coefficient (Wildman–Crippen LogP) is 2.55. The molecule has 7 unspecified atom stereocenters. The number of hydrogen-bond donors (Lipinski definition) is 2. The number of aliphatic hydroxyl groups is 1. The van der Waals surface area contributed by atoms with Gasteiger partial charge in [0.2, 0.25) is 0 Å². The molecule has 7 atom stereocenters. The molecule has 4 nitrogen and oxygen atoms in total. The number of amidine groups is 1. The zero-order valence-corrected chi connectivity index (χ0v) is 14.1. The van der Waals surface area contributed by atoms with Crippen LogP contribution in [-0.4, -0.2) is 46.3 Å². The van der Waals surface area contributed by atoms with Crippen molar-refractivity contribution < 1.29 is 14.2 Å². The third kappa shape index (κ3) is 2.79. The monoisotopic (exact) mass is 344 g/mol. The van der Waals surface area contributed by atoms with Gasteiger partial charge in [-0.3, -0.25) is 4.99 Å². The second-order valence-corrected chi connectivity index (χ2v) is 8.43. The summed E-state index contributed by atoms with van der Waals surface area (Å²) in [4.78, 5) is 4.54.